The van der Waals surface area contributed by atoms with Gasteiger partial charge in [0.15, 0.2) is 0 Å². The first kappa shape index (κ1) is 7.98. The van der Waals surface area contributed by atoms with Crippen molar-refractivity contribution in [1.82, 2.24) is 5.32 Å². The maximum absolute atomic E-state index is 9.68. The van der Waals surface area contributed by atoms with Gasteiger partial charge in [0.05, 0.1) is 6.61 Å². The topological polar surface area (TPSA) is 41.5 Å². The van der Waals surface area contributed by atoms with Crippen molar-refractivity contribution in [2.75, 3.05) is 26.8 Å². The zero-order chi connectivity index (χ0) is 7.45. The van der Waals surface area contributed by atoms with E-state index >= 15 is 0 Å². The van der Waals surface area contributed by atoms with Gasteiger partial charge in [0.25, 0.3) is 0 Å². The molecule has 3 nitrogen and oxygen atoms in total. The van der Waals surface area contributed by atoms with Gasteiger partial charge in [0.2, 0.25) is 0 Å². The second kappa shape index (κ2) is 3.32. The van der Waals surface area contributed by atoms with E-state index in [1.807, 2.05) is 7.05 Å². The van der Waals surface area contributed by atoms with Gasteiger partial charge in [-0.15, -0.1) is 0 Å². The van der Waals surface area contributed by atoms with Gasteiger partial charge in [-0.3, -0.25) is 0 Å². The Morgan fingerprint density at radius 3 is 3.00 bits per heavy atom. The van der Waals surface area contributed by atoms with E-state index in [0.29, 0.717) is 13.2 Å². The lowest BCUT2D eigenvalue weighted by molar-refractivity contribution is -0.0823. The highest BCUT2D eigenvalue weighted by molar-refractivity contribution is 4.82. The van der Waals surface area contributed by atoms with Crippen LogP contribution in [-0.2, 0) is 4.74 Å². The van der Waals surface area contributed by atoms with Crippen LogP contribution in [0, 0.1) is 0 Å². The fourth-order valence-corrected chi connectivity index (χ4v) is 1.31. The summed E-state index contributed by atoms with van der Waals surface area (Å²) in [5.74, 6) is 0. The van der Waals surface area contributed by atoms with Crippen molar-refractivity contribution >= 4 is 0 Å². The van der Waals surface area contributed by atoms with Crippen LogP contribution in [0.3, 0.4) is 0 Å². The Kier molecular flexibility index (Phi) is 2.65. The molecule has 0 aromatic heterocycles. The van der Waals surface area contributed by atoms with E-state index in [2.05, 4.69) is 5.32 Å². The molecule has 1 rings (SSSR count). The summed E-state index contributed by atoms with van der Waals surface area (Å²) in [6, 6.07) is 0. The number of rotatable bonds is 2. The Bertz CT molecular complexity index is 94.3. The zero-order valence-electron chi connectivity index (χ0n) is 6.39. The van der Waals surface area contributed by atoms with Crippen molar-refractivity contribution in [2.45, 2.75) is 18.4 Å². The van der Waals surface area contributed by atoms with Gasteiger partial charge < -0.3 is 15.2 Å². The summed E-state index contributed by atoms with van der Waals surface area (Å²) in [6.45, 7) is 1.91. The Morgan fingerprint density at radius 2 is 2.50 bits per heavy atom. The molecule has 0 bridgehead atoms. The highest BCUT2D eigenvalue weighted by Gasteiger charge is 2.28. The summed E-state index contributed by atoms with van der Waals surface area (Å²) >= 11 is 0. The van der Waals surface area contributed by atoms with Crippen LogP contribution < -0.4 is 5.32 Å². The van der Waals surface area contributed by atoms with Gasteiger partial charge in [-0.25, -0.2) is 0 Å². The number of ether oxygens (including phenoxy) is 1. The van der Waals surface area contributed by atoms with Crippen molar-refractivity contribution in [3.63, 3.8) is 0 Å². The monoisotopic (exact) mass is 145 g/mol. The van der Waals surface area contributed by atoms with Crippen LogP contribution in [0.25, 0.3) is 0 Å². The molecular formula is C7H15NO2. The lowest BCUT2D eigenvalue weighted by Gasteiger charge is -2.31. The van der Waals surface area contributed by atoms with E-state index in [0.717, 1.165) is 19.4 Å². The molecule has 1 saturated heterocycles. The molecule has 0 radical (unpaired) electrons. The van der Waals surface area contributed by atoms with E-state index in [1.54, 1.807) is 0 Å². The molecule has 0 aromatic carbocycles. The first-order valence-electron chi connectivity index (χ1n) is 3.72. The fraction of sp³-hybridized carbons (Fsp3) is 1.00. The third kappa shape index (κ3) is 1.94. The Morgan fingerprint density at radius 1 is 1.70 bits per heavy atom. The summed E-state index contributed by atoms with van der Waals surface area (Å²) in [7, 11) is 1.84. The van der Waals surface area contributed by atoms with Crippen LogP contribution in [0.5, 0.6) is 0 Å². The van der Waals surface area contributed by atoms with E-state index in [4.69, 9.17) is 4.74 Å². The molecule has 0 aliphatic carbocycles. The van der Waals surface area contributed by atoms with Crippen LogP contribution in [-0.4, -0.2) is 37.5 Å². The number of hydrogen-bond donors (Lipinski definition) is 2. The molecule has 1 aliphatic heterocycles. The number of aliphatic hydroxyl groups is 1. The third-order valence-corrected chi connectivity index (χ3v) is 1.81. The van der Waals surface area contributed by atoms with Gasteiger partial charge >= 0.3 is 0 Å². The second-order valence-electron chi connectivity index (χ2n) is 2.91. The molecule has 1 unspecified atom stereocenters. The highest BCUT2D eigenvalue weighted by atomic mass is 16.5. The molecule has 0 saturated carbocycles. The van der Waals surface area contributed by atoms with E-state index in [-0.39, 0.29) is 0 Å². The molecule has 1 atom stereocenters. The second-order valence-corrected chi connectivity index (χ2v) is 2.91. The van der Waals surface area contributed by atoms with Crippen molar-refractivity contribution in [3.05, 3.63) is 0 Å². The summed E-state index contributed by atoms with van der Waals surface area (Å²) in [5.41, 5.74) is -0.604. The molecule has 0 aromatic rings. The maximum atomic E-state index is 9.68. The molecule has 10 heavy (non-hydrogen) atoms. The van der Waals surface area contributed by atoms with Gasteiger partial charge in [-0.1, -0.05) is 0 Å². The molecule has 1 fully saturated rings. The van der Waals surface area contributed by atoms with Crippen molar-refractivity contribution < 1.29 is 9.84 Å². The minimum absolute atomic E-state index is 0.480. The molecule has 0 amide bonds. The van der Waals surface area contributed by atoms with Gasteiger partial charge in [-0.2, -0.15) is 0 Å². The van der Waals surface area contributed by atoms with Crippen molar-refractivity contribution in [3.8, 4) is 0 Å². The molecule has 0 spiro atoms. The quantitative estimate of drug-likeness (QED) is 0.563. The van der Waals surface area contributed by atoms with Gasteiger partial charge in [-0.05, 0) is 19.9 Å². The molecular weight excluding hydrogens is 130 g/mol. The summed E-state index contributed by atoms with van der Waals surface area (Å²) in [4.78, 5) is 0. The highest BCUT2D eigenvalue weighted by Crippen LogP contribution is 2.17. The molecule has 3 heteroatoms. The first-order chi connectivity index (χ1) is 4.77. The first-order valence-corrected chi connectivity index (χ1v) is 3.72. The van der Waals surface area contributed by atoms with Crippen molar-refractivity contribution in [2.24, 2.45) is 0 Å². The van der Waals surface area contributed by atoms with Crippen LogP contribution in [0.15, 0.2) is 0 Å². The fourth-order valence-electron chi connectivity index (χ4n) is 1.31. The average Bonchev–Trinajstić information content (AvgIpc) is 1.89. The SMILES string of the molecule is CNCC1(O)CCCOC1. The Hall–Kier alpha value is -0.120. The summed E-state index contributed by atoms with van der Waals surface area (Å²) in [5, 5.41) is 12.6. The Labute approximate surface area is 61.4 Å². The lowest BCUT2D eigenvalue weighted by atomic mass is 9.97. The predicted molar refractivity (Wildman–Crippen MR) is 38.9 cm³/mol. The largest absolute Gasteiger partial charge is 0.386 e. The van der Waals surface area contributed by atoms with Crippen LogP contribution in [0.4, 0.5) is 0 Å². The predicted octanol–water partition coefficient (Wildman–Crippen LogP) is -0.253. The standard InChI is InChI=1S/C7H15NO2/c1-8-5-7(9)3-2-4-10-6-7/h8-9H,2-6H2,1H3. The minimum atomic E-state index is -0.604. The van der Waals surface area contributed by atoms with E-state index in [9.17, 15) is 5.11 Å². The van der Waals surface area contributed by atoms with Crippen LogP contribution >= 0.6 is 0 Å². The lowest BCUT2D eigenvalue weighted by Crippen LogP contribution is -2.46. The molecule has 60 valence electrons. The summed E-state index contributed by atoms with van der Waals surface area (Å²) in [6.07, 6.45) is 1.83. The zero-order valence-corrected chi connectivity index (χ0v) is 6.39. The minimum Gasteiger partial charge on any atom is -0.386 e. The van der Waals surface area contributed by atoms with E-state index in [1.165, 1.54) is 0 Å². The average molecular weight is 145 g/mol. The van der Waals surface area contributed by atoms with Gasteiger partial charge in [0, 0.05) is 13.2 Å². The van der Waals surface area contributed by atoms with Crippen LogP contribution in [0.1, 0.15) is 12.8 Å². The molecule has 2 N–H and O–H groups in total. The van der Waals surface area contributed by atoms with Gasteiger partial charge in [0.1, 0.15) is 5.60 Å². The molecule has 1 aliphatic rings. The molecule has 1 heterocycles. The van der Waals surface area contributed by atoms with Crippen LogP contribution in [0.2, 0.25) is 0 Å². The normalized spacial score (nSPS) is 34.2. The number of nitrogens with one attached hydrogen (secondary N) is 1. The van der Waals surface area contributed by atoms with Crippen molar-refractivity contribution in [1.29, 1.82) is 0 Å². The number of hydrogen-bond acceptors (Lipinski definition) is 3. The Balaban J connectivity index is 2.32. The van der Waals surface area contributed by atoms with E-state index < -0.39 is 5.60 Å². The smallest absolute Gasteiger partial charge is 0.100 e. The number of likely N-dealkylation sites (N-methyl/N-ethyl adjacent to an activating group) is 1. The third-order valence-electron chi connectivity index (χ3n) is 1.81. The maximum Gasteiger partial charge on any atom is 0.100 e. The summed E-state index contributed by atoms with van der Waals surface area (Å²) < 4.78 is 5.15.